The SMILES string of the molecule is COc1ccc(Br)cc1N1C(=O)C2CC2C1=O. The van der Waals surface area contributed by atoms with Gasteiger partial charge in [0.15, 0.2) is 0 Å². The fourth-order valence-electron chi connectivity index (χ4n) is 2.26. The molecule has 1 aliphatic carbocycles. The van der Waals surface area contributed by atoms with Crippen molar-refractivity contribution < 1.29 is 14.3 Å². The summed E-state index contributed by atoms with van der Waals surface area (Å²) in [6, 6.07) is 5.29. The Morgan fingerprint density at radius 3 is 2.53 bits per heavy atom. The van der Waals surface area contributed by atoms with E-state index >= 15 is 0 Å². The van der Waals surface area contributed by atoms with Gasteiger partial charge in [-0.2, -0.15) is 0 Å². The highest BCUT2D eigenvalue weighted by molar-refractivity contribution is 9.10. The second-order valence-electron chi connectivity index (χ2n) is 4.28. The lowest BCUT2D eigenvalue weighted by Gasteiger charge is -2.19. The van der Waals surface area contributed by atoms with Gasteiger partial charge < -0.3 is 4.74 Å². The maximum absolute atomic E-state index is 12.0. The van der Waals surface area contributed by atoms with E-state index in [1.165, 1.54) is 12.0 Å². The zero-order chi connectivity index (χ0) is 12.2. The van der Waals surface area contributed by atoms with Gasteiger partial charge in [-0.05, 0) is 24.6 Å². The maximum Gasteiger partial charge on any atom is 0.237 e. The van der Waals surface area contributed by atoms with E-state index in [4.69, 9.17) is 4.74 Å². The molecule has 0 N–H and O–H groups in total. The van der Waals surface area contributed by atoms with E-state index in [1.807, 2.05) is 6.07 Å². The van der Waals surface area contributed by atoms with Gasteiger partial charge in [0.05, 0.1) is 24.6 Å². The maximum atomic E-state index is 12.0. The number of rotatable bonds is 2. The van der Waals surface area contributed by atoms with Crippen LogP contribution in [0.3, 0.4) is 0 Å². The molecule has 88 valence electrons. The Kier molecular flexibility index (Phi) is 2.26. The van der Waals surface area contributed by atoms with Gasteiger partial charge in [-0.15, -0.1) is 0 Å². The Morgan fingerprint density at radius 1 is 1.29 bits per heavy atom. The van der Waals surface area contributed by atoms with Gasteiger partial charge in [-0.3, -0.25) is 9.59 Å². The number of anilines is 1. The minimum Gasteiger partial charge on any atom is -0.495 e. The van der Waals surface area contributed by atoms with Crippen molar-refractivity contribution in [1.82, 2.24) is 0 Å². The third-order valence-corrected chi connectivity index (χ3v) is 3.74. The Labute approximate surface area is 107 Å². The molecular weight excluding hydrogens is 286 g/mol. The largest absolute Gasteiger partial charge is 0.495 e. The third-order valence-electron chi connectivity index (χ3n) is 3.25. The number of methoxy groups -OCH3 is 1. The first-order valence-corrected chi connectivity index (χ1v) is 6.14. The van der Waals surface area contributed by atoms with Crippen molar-refractivity contribution >= 4 is 33.4 Å². The minimum atomic E-state index is -0.101. The average Bonchev–Trinajstić information content (AvgIpc) is 3.05. The molecule has 1 heterocycles. The third kappa shape index (κ3) is 1.49. The van der Waals surface area contributed by atoms with Crippen molar-refractivity contribution in [3.05, 3.63) is 22.7 Å². The fourth-order valence-corrected chi connectivity index (χ4v) is 2.61. The first-order chi connectivity index (χ1) is 8.13. The summed E-state index contributed by atoms with van der Waals surface area (Å²) < 4.78 is 6.01. The van der Waals surface area contributed by atoms with E-state index in [9.17, 15) is 9.59 Å². The number of piperidine rings is 1. The molecular formula is C12H10BrNO3. The van der Waals surface area contributed by atoms with Crippen LogP contribution in [-0.2, 0) is 9.59 Å². The molecule has 2 unspecified atom stereocenters. The molecule has 1 aromatic rings. The Balaban J connectivity index is 2.07. The van der Waals surface area contributed by atoms with Crippen molar-refractivity contribution in [3.8, 4) is 5.75 Å². The summed E-state index contributed by atoms with van der Waals surface area (Å²) in [7, 11) is 1.53. The smallest absolute Gasteiger partial charge is 0.237 e. The van der Waals surface area contributed by atoms with E-state index in [0.29, 0.717) is 17.9 Å². The summed E-state index contributed by atoms with van der Waals surface area (Å²) in [5.41, 5.74) is 0.532. The molecule has 1 aromatic carbocycles. The van der Waals surface area contributed by atoms with Crippen LogP contribution in [0.1, 0.15) is 6.42 Å². The summed E-state index contributed by atoms with van der Waals surface area (Å²) in [5.74, 6) is 0.154. The van der Waals surface area contributed by atoms with Crippen LogP contribution in [0.25, 0.3) is 0 Å². The number of benzene rings is 1. The summed E-state index contributed by atoms with van der Waals surface area (Å²) >= 11 is 3.33. The van der Waals surface area contributed by atoms with Crippen molar-refractivity contribution in [2.45, 2.75) is 6.42 Å². The number of imide groups is 1. The summed E-state index contributed by atoms with van der Waals surface area (Å²) in [6.07, 6.45) is 0.713. The van der Waals surface area contributed by atoms with E-state index < -0.39 is 0 Å². The number of nitrogens with zero attached hydrogens (tertiary/aromatic N) is 1. The molecule has 2 atom stereocenters. The predicted molar refractivity (Wildman–Crippen MR) is 64.8 cm³/mol. The monoisotopic (exact) mass is 295 g/mol. The Hall–Kier alpha value is -1.36. The molecule has 1 saturated heterocycles. The van der Waals surface area contributed by atoms with Gasteiger partial charge in [0.1, 0.15) is 5.75 Å². The number of halogens is 1. The number of amides is 2. The normalized spacial score (nSPS) is 26.1. The zero-order valence-electron chi connectivity index (χ0n) is 9.14. The van der Waals surface area contributed by atoms with Crippen LogP contribution in [-0.4, -0.2) is 18.9 Å². The molecule has 0 spiro atoms. The quantitative estimate of drug-likeness (QED) is 0.784. The van der Waals surface area contributed by atoms with Gasteiger partial charge in [-0.1, -0.05) is 15.9 Å². The second kappa shape index (κ2) is 3.57. The van der Waals surface area contributed by atoms with Crippen molar-refractivity contribution in [2.24, 2.45) is 11.8 Å². The van der Waals surface area contributed by atoms with Gasteiger partial charge in [0.2, 0.25) is 11.8 Å². The predicted octanol–water partition coefficient (Wildman–Crippen LogP) is 1.97. The topological polar surface area (TPSA) is 46.6 Å². The lowest BCUT2D eigenvalue weighted by atomic mass is 10.2. The number of ether oxygens (including phenoxy) is 1. The highest BCUT2D eigenvalue weighted by Crippen LogP contribution is 2.50. The summed E-state index contributed by atoms with van der Waals surface area (Å²) in [6.45, 7) is 0. The molecule has 4 nitrogen and oxygen atoms in total. The number of carbonyl (C=O) groups excluding carboxylic acids is 2. The molecule has 0 bridgehead atoms. The summed E-state index contributed by atoms with van der Waals surface area (Å²) in [4.78, 5) is 25.2. The molecule has 2 amide bonds. The minimum absolute atomic E-state index is 0.0915. The van der Waals surface area contributed by atoms with Crippen LogP contribution in [0.4, 0.5) is 5.69 Å². The molecule has 3 rings (SSSR count). The van der Waals surface area contributed by atoms with Crippen molar-refractivity contribution in [1.29, 1.82) is 0 Å². The first kappa shape index (κ1) is 10.8. The molecule has 0 aromatic heterocycles. The van der Waals surface area contributed by atoms with Crippen molar-refractivity contribution in [3.63, 3.8) is 0 Å². The molecule has 1 aliphatic heterocycles. The summed E-state index contributed by atoms with van der Waals surface area (Å²) in [5, 5.41) is 0. The standard InChI is InChI=1S/C12H10BrNO3/c1-17-10-3-2-6(13)4-9(10)14-11(15)7-5-8(7)12(14)16/h2-4,7-8H,5H2,1H3. The molecule has 5 heteroatoms. The van der Waals surface area contributed by atoms with Gasteiger partial charge in [-0.25, -0.2) is 4.90 Å². The van der Waals surface area contributed by atoms with E-state index in [1.54, 1.807) is 12.1 Å². The highest BCUT2D eigenvalue weighted by Gasteiger charge is 2.59. The van der Waals surface area contributed by atoms with Gasteiger partial charge >= 0.3 is 0 Å². The molecule has 17 heavy (non-hydrogen) atoms. The second-order valence-corrected chi connectivity index (χ2v) is 5.19. The van der Waals surface area contributed by atoms with Crippen LogP contribution in [0.15, 0.2) is 22.7 Å². The van der Waals surface area contributed by atoms with E-state index in [0.717, 1.165) is 4.47 Å². The fraction of sp³-hybridized carbons (Fsp3) is 0.333. The van der Waals surface area contributed by atoms with Crippen LogP contribution in [0, 0.1) is 11.8 Å². The van der Waals surface area contributed by atoms with Crippen LogP contribution >= 0.6 is 15.9 Å². The van der Waals surface area contributed by atoms with Crippen LogP contribution < -0.4 is 9.64 Å². The average molecular weight is 296 g/mol. The lowest BCUT2D eigenvalue weighted by molar-refractivity contribution is -0.123. The number of hydrogen-bond acceptors (Lipinski definition) is 3. The number of fused-ring (bicyclic) bond motifs is 1. The van der Waals surface area contributed by atoms with Gasteiger partial charge in [0.25, 0.3) is 0 Å². The van der Waals surface area contributed by atoms with Crippen LogP contribution in [0.2, 0.25) is 0 Å². The first-order valence-electron chi connectivity index (χ1n) is 5.35. The zero-order valence-corrected chi connectivity index (χ0v) is 10.7. The highest BCUT2D eigenvalue weighted by atomic mass is 79.9. The molecule has 2 aliphatic rings. The number of hydrogen-bond donors (Lipinski definition) is 0. The van der Waals surface area contributed by atoms with Crippen molar-refractivity contribution in [2.75, 3.05) is 12.0 Å². The Bertz CT molecular complexity index is 508. The Morgan fingerprint density at radius 2 is 1.94 bits per heavy atom. The van der Waals surface area contributed by atoms with E-state index in [-0.39, 0.29) is 23.7 Å². The molecule has 1 saturated carbocycles. The molecule has 0 radical (unpaired) electrons. The lowest BCUT2D eigenvalue weighted by Crippen LogP contribution is -2.33. The number of carbonyl (C=O) groups is 2. The van der Waals surface area contributed by atoms with E-state index in [2.05, 4.69) is 15.9 Å². The van der Waals surface area contributed by atoms with Gasteiger partial charge in [0, 0.05) is 4.47 Å². The van der Waals surface area contributed by atoms with Crippen LogP contribution in [0.5, 0.6) is 5.75 Å². The molecule has 2 fully saturated rings.